The molecule has 0 radical (unpaired) electrons. The lowest BCUT2D eigenvalue weighted by atomic mass is 9.99. The van der Waals surface area contributed by atoms with Crippen molar-refractivity contribution in [3.05, 3.63) is 57.2 Å². The van der Waals surface area contributed by atoms with Crippen molar-refractivity contribution in [2.75, 3.05) is 13.7 Å². The third-order valence-electron chi connectivity index (χ3n) is 4.16. The highest BCUT2D eigenvalue weighted by atomic mass is 127. The molecule has 6 nitrogen and oxygen atoms in total. The molecule has 2 N–H and O–H groups in total. The fourth-order valence-corrected chi connectivity index (χ4v) is 3.06. The number of methoxy groups -OCH3 is 1. The van der Waals surface area contributed by atoms with Crippen LogP contribution in [0.1, 0.15) is 42.1 Å². The SMILES string of the molecule is CC[C@@H](C)c1ccc(OCC(=O)NNC(=O)c2ccc(OC)c(I)c2)cc1. The van der Waals surface area contributed by atoms with Crippen molar-refractivity contribution in [2.24, 2.45) is 0 Å². The van der Waals surface area contributed by atoms with Gasteiger partial charge in [0.15, 0.2) is 6.61 Å². The first kappa shape index (κ1) is 21.0. The van der Waals surface area contributed by atoms with Crippen LogP contribution in [0.5, 0.6) is 11.5 Å². The summed E-state index contributed by atoms with van der Waals surface area (Å²) in [5.41, 5.74) is 6.36. The van der Waals surface area contributed by atoms with Crippen LogP contribution in [0.2, 0.25) is 0 Å². The summed E-state index contributed by atoms with van der Waals surface area (Å²) in [6.45, 7) is 4.11. The summed E-state index contributed by atoms with van der Waals surface area (Å²) in [6, 6.07) is 12.7. The Labute approximate surface area is 172 Å². The van der Waals surface area contributed by atoms with Gasteiger partial charge in [0.05, 0.1) is 10.7 Å². The van der Waals surface area contributed by atoms with E-state index in [0.717, 1.165) is 9.99 Å². The van der Waals surface area contributed by atoms with Crippen LogP contribution in [-0.2, 0) is 4.79 Å². The van der Waals surface area contributed by atoms with Gasteiger partial charge in [-0.1, -0.05) is 26.0 Å². The van der Waals surface area contributed by atoms with Crippen molar-refractivity contribution in [2.45, 2.75) is 26.2 Å². The summed E-state index contributed by atoms with van der Waals surface area (Å²) < 4.78 is 11.4. The van der Waals surface area contributed by atoms with Crippen LogP contribution in [0.3, 0.4) is 0 Å². The van der Waals surface area contributed by atoms with E-state index in [4.69, 9.17) is 9.47 Å². The molecule has 0 aliphatic carbocycles. The normalized spacial score (nSPS) is 11.4. The van der Waals surface area contributed by atoms with E-state index in [1.807, 2.05) is 24.3 Å². The van der Waals surface area contributed by atoms with Crippen LogP contribution in [-0.4, -0.2) is 25.5 Å². The van der Waals surface area contributed by atoms with E-state index in [0.29, 0.717) is 23.0 Å². The molecule has 0 saturated carbocycles. The maximum absolute atomic E-state index is 12.1. The van der Waals surface area contributed by atoms with Crippen LogP contribution in [0.15, 0.2) is 42.5 Å². The molecule has 0 bridgehead atoms. The quantitative estimate of drug-likeness (QED) is 0.467. The van der Waals surface area contributed by atoms with E-state index >= 15 is 0 Å². The molecule has 0 aliphatic rings. The zero-order valence-corrected chi connectivity index (χ0v) is 17.7. The minimum absolute atomic E-state index is 0.191. The highest BCUT2D eigenvalue weighted by molar-refractivity contribution is 14.1. The highest BCUT2D eigenvalue weighted by Crippen LogP contribution is 2.22. The van der Waals surface area contributed by atoms with Gasteiger partial charge in [-0.05, 0) is 70.8 Å². The summed E-state index contributed by atoms with van der Waals surface area (Å²) in [5, 5.41) is 0. The number of benzene rings is 2. The molecule has 0 heterocycles. The van der Waals surface area contributed by atoms with E-state index in [-0.39, 0.29) is 6.61 Å². The molecule has 2 aromatic rings. The predicted octanol–water partition coefficient (Wildman–Crippen LogP) is 3.65. The first-order valence-corrected chi connectivity index (χ1v) is 9.68. The largest absolute Gasteiger partial charge is 0.496 e. The number of hydrogen-bond donors (Lipinski definition) is 2. The third kappa shape index (κ3) is 6.13. The number of amides is 2. The Bertz CT molecular complexity index is 793. The molecule has 0 unspecified atom stereocenters. The Kier molecular flexibility index (Phi) is 7.90. The van der Waals surface area contributed by atoms with Crippen LogP contribution in [0, 0.1) is 3.57 Å². The number of nitrogens with one attached hydrogen (secondary N) is 2. The van der Waals surface area contributed by atoms with Crippen molar-refractivity contribution >= 4 is 34.4 Å². The van der Waals surface area contributed by atoms with E-state index < -0.39 is 11.8 Å². The Balaban J connectivity index is 1.80. The summed E-state index contributed by atoms with van der Waals surface area (Å²) in [4.78, 5) is 24.0. The third-order valence-corrected chi connectivity index (χ3v) is 5.00. The highest BCUT2D eigenvalue weighted by Gasteiger charge is 2.10. The summed E-state index contributed by atoms with van der Waals surface area (Å²) in [7, 11) is 1.56. The molecule has 0 saturated heterocycles. The molecule has 0 fully saturated rings. The second-order valence-corrected chi connectivity index (χ2v) is 7.18. The van der Waals surface area contributed by atoms with Gasteiger partial charge in [-0.3, -0.25) is 20.4 Å². The first-order valence-electron chi connectivity index (χ1n) is 8.60. The van der Waals surface area contributed by atoms with E-state index in [2.05, 4.69) is 47.3 Å². The van der Waals surface area contributed by atoms with Crippen LogP contribution in [0.25, 0.3) is 0 Å². The molecular weight excluding hydrogens is 459 g/mol. The van der Waals surface area contributed by atoms with Gasteiger partial charge in [0.2, 0.25) is 0 Å². The number of ether oxygens (including phenoxy) is 2. The smallest absolute Gasteiger partial charge is 0.276 e. The molecule has 2 rings (SSSR count). The monoisotopic (exact) mass is 482 g/mol. The maximum atomic E-state index is 12.1. The van der Waals surface area contributed by atoms with Gasteiger partial charge in [0.1, 0.15) is 11.5 Å². The lowest BCUT2D eigenvalue weighted by Gasteiger charge is -2.11. The van der Waals surface area contributed by atoms with Gasteiger partial charge in [0.25, 0.3) is 11.8 Å². The average molecular weight is 482 g/mol. The standard InChI is InChI=1S/C20H23IN2O4/c1-4-13(2)14-5-8-16(9-6-14)27-12-19(24)22-23-20(25)15-7-10-18(26-3)17(21)11-15/h5-11,13H,4,12H2,1-3H3,(H,22,24)(H,23,25)/t13-/m1/s1. The zero-order chi connectivity index (χ0) is 19.8. The van der Waals surface area contributed by atoms with Gasteiger partial charge < -0.3 is 9.47 Å². The Morgan fingerprint density at radius 1 is 1.11 bits per heavy atom. The van der Waals surface area contributed by atoms with E-state index in [1.165, 1.54) is 5.56 Å². The van der Waals surface area contributed by atoms with E-state index in [9.17, 15) is 9.59 Å². The minimum Gasteiger partial charge on any atom is -0.496 e. The summed E-state index contributed by atoms with van der Waals surface area (Å²) >= 11 is 2.08. The fraction of sp³-hybridized carbons (Fsp3) is 0.300. The van der Waals surface area contributed by atoms with Crippen LogP contribution >= 0.6 is 22.6 Å². The van der Waals surface area contributed by atoms with Crippen molar-refractivity contribution in [1.82, 2.24) is 10.9 Å². The molecular formula is C20H23IN2O4. The number of carbonyl (C=O) groups is 2. The van der Waals surface area contributed by atoms with Crippen molar-refractivity contribution in [3.8, 4) is 11.5 Å². The van der Waals surface area contributed by atoms with Crippen molar-refractivity contribution < 1.29 is 19.1 Å². The van der Waals surface area contributed by atoms with Gasteiger partial charge in [-0.2, -0.15) is 0 Å². The average Bonchev–Trinajstić information content (AvgIpc) is 2.70. The molecule has 0 aromatic heterocycles. The van der Waals surface area contributed by atoms with Crippen LogP contribution < -0.4 is 20.3 Å². The van der Waals surface area contributed by atoms with Crippen molar-refractivity contribution in [1.29, 1.82) is 0 Å². The lowest BCUT2D eigenvalue weighted by Crippen LogP contribution is -2.43. The van der Waals surface area contributed by atoms with Gasteiger partial charge >= 0.3 is 0 Å². The summed E-state index contributed by atoms with van der Waals surface area (Å²) in [5.74, 6) is 0.912. The molecule has 0 aliphatic heterocycles. The maximum Gasteiger partial charge on any atom is 0.276 e. The van der Waals surface area contributed by atoms with Gasteiger partial charge in [-0.25, -0.2) is 0 Å². The Morgan fingerprint density at radius 3 is 2.41 bits per heavy atom. The number of rotatable bonds is 7. The molecule has 27 heavy (non-hydrogen) atoms. The van der Waals surface area contributed by atoms with Crippen molar-refractivity contribution in [3.63, 3.8) is 0 Å². The predicted molar refractivity (Wildman–Crippen MR) is 112 cm³/mol. The minimum atomic E-state index is -0.447. The number of hydrogen-bond acceptors (Lipinski definition) is 4. The second kappa shape index (κ2) is 10.1. The molecule has 2 amide bonds. The molecule has 7 heteroatoms. The summed E-state index contributed by atoms with van der Waals surface area (Å²) in [6.07, 6.45) is 1.07. The molecule has 144 valence electrons. The van der Waals surface area contributed by atoms with Gasteiger partial charge in [0, 0.05) is 5.56 Å². The molecule has 0 spiro atoms. The zero-order valence-electron chi connectivity index (χ0n) is 15.5. The Hall–Kier alpha value is -2.29. The van der Waals surface area contributed by atoms with E-state index in [1.54, 1.807) is 25.3 Å². The number of hydrazine groups is 1. The lowest BCUT2D eigenvalue weighted by molar-refractivity contribution is -0.123. The number of halogens is 1. The van der Waals surface area contributed by atoms with Gasteiger partial charge in [-0.15, -0.1) is 0 Å². The number of carbonyl (C=O) groups excluding carboxylic acids is 2. The Morgan fingerprint density at radius 2 is 1.81 bits per heavy atom. The molecule has 1 atom stereocenters. The van der Waals surface area contributed by atoms with Crippen LogP contribution in [0.4, 0.5) is 0 Å². The second-order valence-electron chi connectivity index (χ2n) is 6.02. The topological polar surface area (TPSA) is 76.7 Å². The fourth-order valence-electron chi connectivity index (χ4n) is 2.32. The molecule has 2 aromatic carbocycles. The first-order chi connectivity index (χ1) is 12.9.